The highest BCUT2D eigenvalue weighted by atomic mass is 15.0. The van der Waals surface area contributed by atoms with Crippen LogP contribution in [0, 0.1) is 17.3 Å². The summed E-state index contributed by atoms with van der Waals surface area (Å²) in [5.74, 6) is 0.926. The lowest BCUT2D eigenvalue weighted by molar-refractivity contribution is -0.00906. The molecule has 0 saturated heterocycles. The van der Waals surface area contributed by atoms with E-state index in [-0.39, 0.29) is 11.3 Å². The maximum absolute atomic E-state index is 7.51. The van der Waals surface area contributed by atoms with E-state index >= 15 is 0 Å². The van der Waals surface area contributed by atoms with E-state index in [0.29, 0.717) is 11.8 Å². The maximum atomic E-state index is 7.51. The van der Waals surface area contributed by atoms with Gasteiger partial charge >= 0.3 is 0 Å². The van der Waals surface area contributed by atoms with Gasteiger partial charge in [0.05, 0.1) is 11.1 Å². The molecular formula is C24H38N2. The van der Waals surface area contributed by atoms with Crippen LogP contribution in [-0.2, 0) is 0 Å². The topological polar surface area (TPSA) is 52.0 Å². The zero-order chi connectivity index (χ0) is 19.9. The molecule has 1 saturated carbocycles. The molecule has 144 valence electrons. The molecule has 2 heteroatoms. The van der Waals surface area contributed by atoms with Gasteiger partial charge in [-0.2, -0.15) is 0 Å². The molecule has 5 atom stereocenters. The van der Waals surface area contributed by atoms with Crippen LogP contribution in [0.15, 0.2) is 54.6 Å². The van der Waals surface area contributed by atoms with Gasteiger partial charge in [0.2, 0.25) is 0 Å². The van der Waals surface area contributed by atoms with E-state index in [0.717, 1.165) is 24.0 Å². The predicted octanol–water partition coefficient (Wildman–Crippen LogP) is 5.41. The van der Waals surface area contributed by atoms with E-state index in [9.17, 15) is 0 Å². The van der Waals surface area contributed by atoms with Crippen molar-refractivity contribution in [1.82, 2.24) is 0 Å². The molecule has 1 aromatic carbocycles. The fraction of sp³-hybridized carbons (Fsp3) is 0.583. The van der Waals surface area contributed by atoms with Gasteiger partial charge in [-0.05, 0) is 44.1 Å². The summed E-state index contributed by atoms with van der Waals surface area (Å²) >= 11 is 0. The summed E-state index contributed by atoms with van der Waals surface area (Å²) in [5, 5.41) is 0. The minimum absolute atomic E-state index is 0.111. The number of hydrogen-bond acceptors (Lipinski definition) is 2. The van der Waals surface area contributed by atoms with E-state index in [1.165, 1.54) is 5.56 Å². The highest BCUT2D eigenvalue weighted by Gasteiger charge is 2.65. The lowest BCUT2D eigenvalue weighted by Gasteiger charge is -2.65. The first-order valence-corrected chi connectivity index (χ1v) is 9.86. The monoisotopic (exact) mass is 354 g/mol. The second-order valence-electron chi connectivity index (χ2n) is 9.38. The van der Waals surface area contributed by atoms with E-state index in [2.05, 4.69) is 78.1 Å². The first kappa shape index (κ1) is 20.9. The Morgan fingerprint density at radius 3 is 2.00 bits per heavy atom. The van der Waals surface area contributed by atoms with Gasteiger partial charge < -0.3 is 11.5 Å². The first-order valence-electron chi connectivity index (χ1n) is 9.86. The Balaban J connectivity index is 2.84. The van der Waals surface area contributed by atoms with Crippen molar-refractivity contribution < 1.29 is 0 Å². The van der Waals surface area contributed by atoms with Gasteiger partial charge in [-0.3, -0.25) is 0 Å². The Labute approximate surface area is 160 Å². The van der Waals surface area contributed by atoms with Crippen molar-refractivity contribution in [2.45, 2.75) is 71.4 Å². The minimum Gasteiger partial charge on any atom is -0.322 e. The summed E-state index contributed by atoms with van der Waals surface area (Å²) in [6.45, 7) is 21.9. The van der Waals surface area contributed by atoms with Crippen molar-refractivity contribution in [2.24, 2.45) is 28.7 Å². The molecule has 1 aromatic rings. The van der Waals surface area contributed by atoms with E-state index in [4.69, 9.17) is 11.5 Å². The zero-order valence-electron chi connectivity index (χ0n) is 17.6. The van der Waals surface area contributed by atoms with Crippen LogP contribution in [0.2, 0.25) is 0 Å². The van der Waals surface area contributed by atoms with Gasteiger partial charge in [0.15, 0.2) is 0 Å². The molecule has 2 rings (SSSR count). The normalized spacial score (nSPS) is 36.0. The lowest BCUT2D eigenvalue weighted by atomic mass is 9.43. The number of rotatable bonds is 5. The third kappa shape index (κ3) is 2.88. The molecule has 0 heterocycles. The van der Waals surface area contributed by atoms with Crippen molar-refractivity contribution in [3.8, 4) is 0 Å². The first-order chi connectivity index (χ1) is 11.9. The van der Waals surface area contributed by atoms with Crippen LogP contribution < -0.4 is 11.5 Å². The smallest absolute Gasteiger partial charge is 0.0563 e. The highest BCUT2D eigenvalue weighted by molar-refractivity contribution is 5.41. The summed E-state index contributed by atoms with van der Waals surface area (Å²) in [7, 11) is 0. The van der Waals surface area contributed by atoms with Crippen molar-refractivity contribution in [3.05, 3.63) is 60.2 Å². The SMILES string of the molecule is C=C(C)C1(C)CC(C)CC(N)(C(=C)C)C1(N)C(c1ccccc1)C(C)C. The van der Waals surface area contributed by atoms with E-state index in [1.807, 2.05) is 6.92 Å². The third-order valence-corrected chi connectivity index (χ3v) is 7.10. The van der Waals surface area contributed by atoms with Crippen LogP contribution in [0.25, 0.3) is 0 Å². The van der Waals surface area contributed by atoms with E-state index < -0.39 is 11.1 Å². The highest BCUT2D eigenvalue weighted by Crippen LogP contribution is 2.60. The number of hydrogen-bond donors (Lipinski definition) is 2. The van der Waals surface area contributed by atoms with Gasteiger partial charge in [-0.25, -0.2) is 0 Å². The Bertz CT molecular complexity index is 645. The van der Waals surface area contributed by atoms with Crippen LogP contribution in [-0.4, -0.2) is 11.1 Å². The predicted molar refractivity (Wildman–Crippen MR) is 114 cm³/mol. The standard InChI is InChI=1S/C24H38N2/c1-16(2)21(20-12-10-9-11-13-20)24(26)22(8,17(3)4)14-19(7)15-23(24,25)18(5)6/h9-13,16,19,21H,3,5,14-15,25-26H2,1-2,4,6-8H3. The van der Waals surface area contributed by atoms with Crippen molar-refractivity contribution in [2.75, 3.05) is 0 Å². The average molecular weight is 355 g/mol. The van der Waals surface area contributed by atoms with Crippen LogP contribution in [0.5, 0.6) is 0 Å². The number of benzene rings is 1. The lowest BCUT2D eigenvalue weighted by Crippen LogP contribution is -2.79. The van der Waals surface area contributed by atoms with Crippen LogP contribution >= 0.6 is 0 Å². The number of nitrogens with two attached hydrogens (primary N) is 2. The molecule has 4 N–H and O–H groups in total. The quantitative estimate of drug-likeness (QED) is 0.695. The average Bonchev–Trinajstić information content (AvgIpc) is 2.53. The summed E-state index contributed by atoms with van der Waals surface area (Å²) in [6, 6.07) is 10.6. The molecule has 0 radical (unpaired) electrons. The van der Waals surface area contributed by atoms with Gasteiger partial charge in [-0.1, -0.05) is 82.3 Å². The molecule has 26 heavy (non-hydrogen) atoms. The third-order valence-electron chi connectivity index (χ3n) is 7.10. The van der Waals surface area contributed by atoms with Gasteiger partial charge in [-0.15, -0.1) is 0 Å². The molecule has 5 unspecified atom stereocenters. The molecule has 1 aliphatic carbocycles. The molecule has 1 aliphatic rings. The van der Waals surface area contributed by atoms with Crippen LogP contribution in [0.4, 0.5) is 0 Å². The second-order valence-corrected chi connectivity index (χ2v) is 9.38. The van der Waals surface area contributed by atoms with Gasteiger partial charge in [0.1, 0.15) is 0 Å². The Hall–Kier alpha value is -1.38. The summed E-state index contributed by atoms with van der Waals surface area (Å²) in [6.07, 6.45) is 1.86. The molecule has 0 aliphatic heterocycles. The molecule has 0 aromatic heterocycles. The molecule has 0 spiro atoms. The van der Waals surface area contributed by atoms with Crippen molar-refractivity contribution >= 4 is 0 Å². The fourth-order valence-corrected chi connectivity index (χ4v) is 5.66. The van der Waals surface area contributed by atoms with Gasteiger partial charge in [0.25, 0.3) is 0 Å². The summed E-state index contributed by atoms with van der Waals surface area (Å²) in [4.78, 5) is 0. The van der Waals surface area contributed by atoms with Crippen molar-refractivity contribution in [3.63, 3.8) is 0 Å². The Kier molecular flexibility index (Phi) is 5.62. The largest absolute Gasteiger partial charge is 0.322 e. The Morgan fingerprint density at radius 1 is 1.04 bits per heavy atom. The van der Waals surface area contributed by atoms with Gasteiger partial charge in [0, 0.05) is 11.3 Å². The molecule has 0 amide bonds. The minimum atomic E-state index is -0.667. The van der Waals surface area contributed by atoms with E-state index in [1.54, 1.807) is 0 Å². The zero-order valence-corrected chi connectivity index (χ0v) is 17.6. The van der Waals surface area contributed by atoms with Crippen LogP contribution in [0.3, 0.4) is 0 Å². The molecule has 2 nitrogen and oxygen atoms in total. The summed E-state index contributed by atoms with van der Waals surface area (Å²) in [5.41, 5.74) is 16.5. The maximum Gasteiger partial charge on any atom is 0.0563 e. The molecule has 1 fully saturated rings. The second kappa shape index (κ2) is 6.98. The summed E-state index contributed by atoms with van der Waals surface area (Å²) < 4.78 is 0. The molecule has 0 bridgehead atoms. The van der Waals surface area contributed by atoms with Crippen molar-refractivity contribution in [1.29, 1.82) is 0 Å². The fourth-order valence-electron chi connectivity index (χ4n) is 5.66. The van der Waals surface area contributed by atoms with Crippen LogP contribution in [0.1, 0.15) is 65.9 Å². The molecular weight excluding hydrogens is 316 g/mol. The Morgan fingerprint density at radius 2 is 1.58 bits per heavy atom.